The first-order valence-electron chi connectivity index (χ1n) is 9.87. The quantitative estimate of drug-likeness (QED) is 0.496. The summed E-state index contributed by atoms with van der Waals surface area (Å²) in [6, 6.07) is 13.9. The van der Waals surface area contributed by atoms with Crippen LogP contribution in [0.4, 0.5) is 0 Å². The minimum atomic E-state index is 0.244. The maximum absolute atomic E-state index is 6.03. The zero-order chi connectivity index (χ0) is 21.3. The van der Waals surface area contributed by atoms with Crippen LogP contribution in [0.1, 0.15) is 24.4 Å². The van der Waals surface area contributed by atoms with Crippen molar-refractivity contribution in [3.05, 3.63) is 57.8 Å². The number of methoxy groups -OCH3 is 2. The van der Waals surface area contributed by atoms with Gasteiger partial charge in [-0.05, 0) is 55.4 Å². The second-order valence-electron chi connectivity index (χ2n) is 7.39. The van der Waals surface area contributed by atoms with Crippen LogP contribution in [0.3, 0.4) is 0 Å². The Morgan fingerprint density at radius 3 is 2.60 bits per heavy atom. The summed E-state index contributed by atoms with van der Waals surface area (Å²) in [4.78, 5) is 2.40. The lowest BCUT2D eigenvalue weighted by Crippen LogP contribution is -2.27. The molecule has 0 amide bonds. The van der Waals surface area contributed by atoms with Crippen LogP contribution < -0.4 is 9.47 Å². The van der Waals surface area contributed by atoms with Gasteiger partial charge in [0, 0.05) is 41.9 Å². The van der Waals surface area contributed by atoms with Gasteiger partial charge in [0.1, 0.15) is 11.5 Å². The second kappa shape index (κ2) is 8.79. The highest BCUT2D eigenvalue weighted by molar-refractivity contribution is 7.71. The number of rotatable bonds is 6. The first-order chi connectivity index (χ1) is 14.5. The van der Waals surface area contributed by atoms with Crippen molar-refractivity contribution >= 4 is 23.8 Å². The number of halogens is 1. The van der Waals surface area contributed by atoms with E-state index in [2.05, 4.69) is 11.0 Å². The third-order valence-corrected chi connectivity index (χ3v) is 6.36. The molecule has 0 radical (unpaired) electrons. The third-order valence-electron chi connectivity index (χ3n) is 5.62. The van der Waals surface area contributed by atoms with Crippen molar-refractivity contribution in [3.63, 3.8) is 0 Å². The third kappa shape index (κ3) is 3.97. The Balaban J connectivity index is 1.62. The molecule has 3 aromatic rings. The molecule has 1 aliphatic rings. The summed E-state index contributed by atoms with van der Waals surface area (Å²) in [5, 5.41) is 5.51. The van der Waals surface area contributed by atoms with Crippen LogP contribution in [0.5, 0.6) is 11.5 Å². The van der Waals surface area contributed by atoms with Gasteiger partial charge in [0.25, 0.3) is 0 Å². The molecular formula is C22H25ClN4O2S. The van der Waals surface area contributed by atoms with Gasteiger partial charge < -0.3 is 14.0 Å². The molecular weight excluding hydrogens is 420 g/mol. The SMILES string of the molecule is COc1ccc([C@H]2CCCN2Cn2nc(-c3ccc(Cl)cc3)n(C)c2=S)c(OC)c1. The van der Waals surface area contributed by atoms with Crippen molar-refractivity contribution in [3.8, 4) is 22.9 Å². The fraction of sp³-hybridized carbons (Fsp3) is 0.364. The van der Waals surface area contributed by atoms with Gasteiger partial charge >= 0.3 is 0 Å². The Hall–Kier alpha value is -2.35. The predicted octanol–water partition coefficient (Wildman–Crippen LogP) is 5.08. The van der Waals surface area contributed by atoms with E-state index in [9.17, 15) is 0 Å². The van der Waals surface area contributed by atoms with Gasteiger partial charge in [-0.2, -0.15) is 5.10 Å². The van der Waals surface area contributed by atoms with Gasteiger partial charge in [0.2, 0.25) is 0 Å². The van der Waals surface area contributed by atoms with Crippen LogP contribution in [0.25, 0.3) is 11.4 Å². The van der Waals surface area contributed by atoms with Gasteiger partial charge in [-0.1, -0.05) is 17.7 Å². The molecule has 1 aliphatic heterocycles. The molecule has 2 aromatic carbocycles. The summed E-state index contributed by atoms with van der Waals surface area (Å²) in [7, 11) is 5.31. The zero-order valence-corrected chi connectivity index (χ0v) is 18.9. The molecule has 0 aliphatic carbocycles. The van der Waals surface area contributed by atoms with Gasteiger partial charge in [-0.25, -0.2) is 4.68 Å². The molecule has 6 nitrogen and oxygen atoms in total. The summed E-state index contributed by atoms with van der Waals surface area (Å²) in [6.07, 6.45) is 2.18. The summed E-state index contributed by atoms with van der Waals surface area (Å²) in [5.41, 5.74) is 2.15. The average molecular weight is 445 g/mol. The van der Waals surface area contributed by atoms with E-state index >= 15 is 0 Å². The molecule has 1 saturated heterocycles. The summed E-state index contributed by atoms with van der Waals surface area (Å²) in [5.74, 6) is 2.46. The summed E-state index contributed by atoms with van der Waals surface area (Å²) >= 11 is 11.7. The van der Waals surface area contributed by atoms with E-state index in [0.29, 0.717) is 16.5 Å². The molecule has 158 valence electrons. The predicted molar refractivity (Wildman–Crippen MR) is 121 cm³/mol. The van der Waals surface area contributed by atoms with E-state index in [4.69, 9.17) is 38.4 Å². The zero-order valence-electron chi connectivity index (χ0n) is 17.3. The molecule has 2 heterocycles. The van der Waals surface area contributed by atoms with Crippen LogP contribution in [-0.4, -0.2) is 40.0 Å². The maximum Gasteiger partial charge on any atom is 0.199 e. The van der Waals surface area contributed by atoms with Gasteiger partial charge in [0.15, 0.2) is 10.6 Å². The number of hydrogen-bond donors (Lipinski definition) is 0. The lowest BCUT2D eigenvalue weighted by Gasteiger charge is -2.26. The van der Waals surface area contributed by atoms with Crippen molar-refractivity contribution in [1.29, 1.82) is 0 Å². The van der Waals surface area contributed by atoms with Crippen molar-refractivity contribution in [2.24, 2.45) is 7.05 Å². The lowest BCUT2D eigenvalue weighted by molar-refractivity contribution is 0.187. The Morgan fingerprint density at radius 2 is 1.90 bits per heavy atom. The van der Waals surface area contributed by atoms with Crippen molar-refractivity contribution in [2.45, 2.75) is 25.6 Å². The van der Waals surface area contributed by atoms with E-state index in [-0.39, 0.29) is 6.04 Å². The molecule has 0 saturated carbocycles. The van der Waals surface area contributed by atoms with E-state index in [1.54, 1.807) is 14.2 Å². The summed E-state index contributed by atoms with van der Waals surface area (Å²) < 4.78 is 15.5. The monoisotopic (exact) mass is 444 g/mol. The minimum absolute atomic E-state index is 0.244. The van der Waals surface area contributed by atoms with E-state index in [1.807, 2.05) is 52.7 Å². The smallest absolute Gasteiger partial charge is 0.199 e. The maximum atomic E-state index is 6.03. The first kappa shape index (κ1) is 20.9. The largest absolute Gasteiger partial charge is 0.497 e. The van der Waals surface area contributed by atoms with Gasteiger partial charge in [-0.3, -0.25) is 4.90 Å². The van der Waals surface area contributed by atoms with Crippen LogP contribution in [-0.2, 0) is 13.7 Å². The molecule has 0 unspecified atom stereocenters. The lowest BCUT2D eigenvalue weighted by atomic mass is 10.0. The van der Waals surface area contributed by atoms with Crippen molar-refractivity contribution < 1.29 is 9.47 Å². The van der Waals surface area contributed by atoms with Gasteiger partial charge in [-0.15, -0.1) is 0 Å². The number of hydrogen-bond acceptors (Lipinski definition) is 5. The normalized spacial score (nSPS) is 16.7. The highest BCUT2D eigenvalue weighted by atomic mass is 35.5. The van der Waals surface area contributed by atoms with Crippen LogP contribution in [0.15, 0.2) is 42.5 Å². The van der Waals surface area contributed by atoms with E-state index < -0.39 is 0 Å². The van der Waals surface area contributed by atoms with E-state index in [1.165, 1.54) is 0 Å². The Labute approximate surface area is 186 Å². The first-order valence-corrected chi connectivity index (χ1v) is 10.7. The summed E-state index contributed by atoms with van der Waals surface area (Å²) in [6.45, 7) is 1.61. The fourth-order valence-corrected chi connectivity index (χ4v) is 4.35. The molecule has 8 heteroatoms. The number of ether oxygens (including phenoxy) is 2. The molecule has 1 fully saturated rings. The Bertz CT molecular complexity index is 1090. The Kier molecular flexibility index (Phi) is 6.13. The molecule has 0 bridgehead atoms. The number of aromatic nitrogens is 3. The molecule has 1 aromatic heterocycles. The minimum Gasteiger partial charge on any atom is -0.497 e. The van der Waals surface area contributed by atoms with Crippen LogP contribution in [0, 0.1) is 4.77 Å². The Morgan fingerprint density at radius 1 is 1.13 bits per heavy atom. The molecule has 0 spiro atoms. The highest BCUT2D eigenvalue weighted by Crippen LogP contribution is 2.39. The highest BCUT2D eigenvalue weighted by Gasteiger charge is 2.29. The van der Waals surface area contributed by atoms with Crippen molar-refractivity contribution in [2.75, 3.05) is 20.8 Å². The molecule has 30 heavy (non-hydrogen) atoms. The molecule has 1 atom stereocenters. The number of likely N-dealkylation sites (tertiary alicyclic amines) is 1. The standard InChI is InChI=1S/C22H25ClN4O2S/c1-25-21(15-6-8-16(23)9-7-15)24-27(22(25)30)14-26-12-4-5-19(26)18-11-10-17(28-2)13-20(18)29-3/h6-11,13,19H,4-5,12,14H2,1-3H3/t19-/m1/s1. The topological polar surface area (TPSA) is 44.5 Å². The fourth-order valence-electron chi connectivity index (χ4n) is 4.04. The number of benzene rings is 2. The van der Waals surface area contributed by atoms with E-state index in [0.717, 1.165) is 47.8 Å². The average Bonchev–Trinajstić information content (AvgIpc) is 3.34. The number of nitrogens with zero attached hydrogens (tertiary/aromatic N) is 4. The van der Waals surface area contributed by atoms with Gasteiger partial charge in [0.05, 0.1) is 20.9 Å². The second-order valence-corrected chi connectivity index (χ2v) is 8.19. The van der Waals surface area contributed by atoms with Crippen molar-refractivity contribution in [1.82, 2.24) is 19.2 Å². The molecule has 4 rings (SSSR count). The van der Waals surface area contributed by atoms with Crippen LogP contribution >= 0.6 is 23.8 Å². The molecule has 0 N–H and O–H groups in total. The van der Waals surface area contributed by atoms with Crippen LogP contribution in [0.2, 0.25) is 5.02 Å².